The van der Waals surface area contributed by atoms with Gasteiger partial charge in [-0.2, -0.15) is 0 Å². The van der Waals surface area contributed by atoms with Gasteiger partial charge < -0.3 is 0 Å². The Bertz CT molecular complexity index is 690. The summed E-state index contributed by atoms with van der Waals surface area (Å²) in [6.07, 6.45) is 0. The van der Waals surface area contributed by atoms with Crippen LogP contribution in [0.4, 0.5) is 0 Å². The van der Waals surface area contributed by atoms with Crippen molar-refractivity contribution in [2.24, 2.45) is 0 Å². The molecule has 0 spiro atoms. The lowest BCUT2D eigenvalue weighted by Gasteiger charge is -2.11. The number of hydrogen-bond acceptors (Lipinski definition) is 1. The molecule has 1 aromatic heterocycles. The first-order valence-corrected chi connectivity index (χ1v) is 8.59. The molecule has 0 radical (unpaired) electrons. The highest BCUT2D eigenvalue weighted by molar-refractivity contribution is 14.1. The van der Waals surface area contributed by atoms with Crippen molar-refractivity contribution in [2.75, 3.05) is 0 Å². The Morgan fingerprint density at radius 3 is 2.37 bits per heavy atom. The molecule has 0 bridgehead atoms. The standard InChI is InChI=1S/C16H10BrIS/c17-14-9-13(16-7-4-8-19-16)12(10-15(14)18)11-5-2-1-3-6-11/h1-10H. The lowest BCUT2D eigenvalue weighted by atomic mass is 9.99. The second-order valence-electron chi connectivity index (χ2n) is 4.16. The summed E-state index contributed by atoms with van der Waals surface area (Å²) in [7, 11) is 0. The third kappa shape index (κ3) is 2.78. The van der Waals surface area contributed by atoms with Crippen LogP contribution in [0.2, 0.25) is 0 Å². The third-order valence-corrected chi connectivity index (χ3v) is 6.12. The molecule has 94 valence electrons. The Hall–Kier alpha value is -0.650. The molecule has 0 nitrogen and oxygen atoms in total. The van der Waals surface area contributed by atoms with Crippen LogP contribution >= 0.6 is 49.9 Å². The van der Waals surface area contributed by atoms with Gasteiger partial charge in [0.1, 0.15) is 0 Å². The summed E-state index contributed by atoms with van der Waals surface area (Å²) in [5.74, 6) is 0. The van der Waals surface area contributed by atoms with E-state index in [0.29, 0.717) is 0 Å². The van der Waals surface area contributed by atoms with Gasteiger partial charge in [-0.3, -0.25) is 0 Å². The van der Waals surface area contributed by atoms with Gasteiger partial charge in [0.05, 0.1) is 0 Å². The van der Waals surface area contributed by atoms with Gasteiger partial charge in [0, 0.05) is 18.5 Å². The Labute approximate surface area is 138 Å². The molecule has 2 aromatic carbocycles. The van der Waals surface area contributed by atoms with Crippen molar-refractivity contribution in [3.05, 3.63) is 68.0 Å². The van der Waals surface area contributed by atoms with Crippen LogP contribution in [0.25, 0.3) is 21.6 Å². The van der Waals surface area contributed by atoms with E-state index in [4.69, 9.17) is 0 Å². The molecule has 3 rings (SSSR count). The van der Waals surface area contributed by atoms with Crippen LogP contribution in [0.5, 0.6) is 0 Å². The second kappa shape index (κ2) is 5.77. The Kier molecular flexibility index (Phi) is 4.05. The SMILES string of the molecule is Brc1cc(-c2cccs2)c(-c2ccccc2)cc1I. The smallest absolute Gasteiger partial charge is 0.0349 e. The van der Waals surface area contributed by atoms with Gasteiger partial charge >= 0.3 is 0 Å². The van der Waals surface area contributed by atoms with E-state index in [2.05, 4.69) is 98.5 Å². The number of benzene rings is 2. The van der Waals surface area contributed by atoms with E-state index in [1.54, 1.807) is 11.3 Å². The Morgan fingerprint density at radius 1 is 0.895 bits per heavy atom. The first kappa shape index (κ1) is 13.3. The molecule has 0 saturated heterocycles. The first-order chi connectivity index (χ1) is 9.25. The van der Waals surface area contributed by atoms with Gasteiger partial charge in [-0.15, -0.1) is 11.3 Å². The second-order valence-corrected chi connectivity index (χ2v) is 7.12. The van der Waals surface area contributed by atoms with Crippen LogP contribution in [0.3, 0.4) is 0 Å². The van der Waals surface area contributed by atoms with Crippen LogP contribution in [0.15, 0.2) is 64.5 Å². The van der Waals surface area contributed by atoms with Crippen molar-refractivity contribution in [1.29, 1.82) is 0 Å². The van der Waals surface area contributed by atoms with Crippen LogP contribution in [-0.2, 0) is 0 Å². The summed E-state index contributed by atoms with van der Waals surface area (Å²) in [5, 5.41) is 2.12. The van der Waals surface area contributed by atoms with Crippen molar-refractivity contribution in [3.8, 4) is 21.6 Å². The topological polar surface area (TPSA) is 0 Å². The fraction of sp³-hybridized carbons (Fsp3) is 0. The average Bonchev–Trinajstić information content (AvgIpc) is 2.96. The van der Waals surface area contributed by atoms with E-state index in [1.165, 1.54) is 25.1 Å². The maximum absolute atomic E-state index is 3.64. The van der Waals surface area contributed by atoms with Crippen LogP contribution in [0.1, 0.15) is 0 Å². The van der Waals surface area contributed by atoms with E-state index in [0.717, 1.165) is 4.47 Å². The van der Waals surface area contributed by atoms with Gasteiger partial charge in [0.15, 0.2) is 0 Å². The molecule has 0 amide bonds. The molecule has 0 fully saturated rings. The summed E-state index contributed by atoms with van der Waals surface area (Å²) in [6, 6.07) is 19.3. The fourth-order valence-electron chi connectivity index (χ4n) is 2.04. The van der Waals surface area contributed by atoms with E-state index in [1.807, 2.05) is 0 Å². The molecule has 0 N–H and O–H groups in total. The highest BCUT2D eigenvalue weighted by Crippen LogP contribution is 2.38. The summed E-state index contributed by atoms with van der Waals surface area (Å²) in [5.41, 5.74) is 3.83. The van der Waals surface area contributed by atoms with Crippen molar-refractivity contribution in [2.45, 2.75) is 0 Å². The largest absolute Gasteiger partial charge is 0.144 e. The summed E-state index contributed by atoms with van der Waals surface area (Å²) in [6.45, 7) is 0. The number of thiophene rings is 1. The molecule has 0 saturated carbocycles. The van der Waals surface area contributed by atoms with E-state index in [9.17, 15) is 0 Å². The molecule has 0 aliphatic heterocycles. The maximum Gasteiger partial charge on any atom is 0.0349 e. The fourth-order valence-corrected chi connectivity index (χ4v) is 3.61. The molecule has 3 aromatic rings. The molecule has 1 heterocycles. The van der Waals surface area contributed by atoms with Gasteiger partial charge in [0.2, 0.25) is 0 Å². The van der Waals surface area contributed by atoms with Crippen LogP contribution < -0.4 is 0 Å². The van der Waals surface area contributed by atoms with Crippen LogP contribution in [0, 0.1) is 3.57 Å². The summed E-state index contributed by atoms with van der Waals surface area (Å²) >= 11 is 7.78. The predicted molar refractivity (Wildman–Crippen MR) is 95.6 cm³/mol. The highest BCUT2D eigenvalue weighted by atomic mass is 127. The lowest BCUT2D eigenvalue weighted by Crippen LogP contribution is -1.86. The average molecular weight is 441 g/mol. The number of rotatable bonds is 2. The number of hydrogen-bond donors (Lipinski definition) is 0. The van der Waals surface area contributed by atoms with Crippen molar-refractivity contribution < 1.29 is 0 Å². The minimum absolute atomic E-state index is 1.15. The third-order valence-electron chi connectivity index (χ3n) is 2.93. The highest BCUT2D eigenvalue weighted by Gasteiger charge is 2.11. The zero-order valence-corrected chi connectivity index (χ0v) is 14.5. The van der Waals surface area contributed by atoms with E-state index in [-0.39, 0.29) is 0 Å². The van der Waals surface area contributed by atoms with E-state index >= 15 is 0 Å². The minimum Gasteiger partial charge on any atom is -0.144 e. The molecule has 0 atom stereocenters. The zero-order valence-electron chi connectivity index (χ0n) is 9.94. The quantitative estimate of drug-likeness (QED) is 0.401. The maximum atomic E-state index is 3.64. The summed E-state index contributed by atoms with van der Waals surface area (Å²) in [4.78, 5) is 1.30. The van der Waals surface area contributed by atoms with Gasteiger partial charge in [-0.25, -0.2) is 0 Å². The zero-order chi connectivity index (χ0) is 13.2. The monoisotopic (exact) mass is 440 g/mol. The molecule has 0 unspecified atom stereocenters. The minimum atomic E-state index is 1.15. The van der Waals surface area contributed by atoms with Gasteiger partial charge in [-0.05, 0) is 73.2 Å². The Morgan fingerprint density at radius 2 is 1.68 bits per heavy atom. The normalized spacial score (nSPS) is 10.6. The summed E-state index contributed by atoms with van der Waals surface area (Å²) < 4.78 is 2.38. The predicted octanol–water partition coefficient (Wildman–Crippen LogP) is 6.45. The van der Waals surface area contributed by atoms with Crippen LogP contribution in [-0.4, -0.2) is 0 Å². The van der Waals surface area contributed by atoms with Crippen molar-refractivity contribution in [3.63, 3.8) is 0 Å². The molecule has 19 heavy (non-hydrogen) atoms. The lowest BCUT2D eigenvalue weighted by molar-refractivity contribution is 1.55. The van der Waals surface area contributed by atoms with Gasteiger partial charge in [0.25, 0.3) is 0 Å². The van der Waals surface area contributed by atoms with Crippen molar-refractivity contribution >= 4 is 49.9 Å². The molecule has 0 aliphatic carbocycles. The first-order valence-electron chi connectivity index (χ1n) is 5.84. The van der Waals surface area contributed by atoms with Gasteiger partial charge in [-0.1, -0.05) is 36.4 Å². The Balaban J connectivity index is 2.26. The molecular weight excluding hydrogens is 431 g/mol. The number of halogens is 2. The van der Waals surface area contributed by atoms with E-state index < -0.39 is 0 Å². The molecule has 0 aliphatic rings. The molecular formula is C16H10BrIS. The van der Waals surface area contributed by atoms with Crippen molar-refractivity contribution in [1.82, 2.24) is 0 Å². The molecule has 3 heteroatoms.